The van der Waals surface area contributed by atoms with Crippen LogP contribution in [0.15, 0.2) is 12.5 Å². The van der Waals surface area contributed by atoms with Gasteiger partial charge >= 0.3 is 0 Å². The summed E-state index contributed by atoms with van der Waals surface area (Å²) in [4.78, 5) is 25.1. The lowest BCUT2D eigenvalue weighted by atomic mass is 9.88. The Morgan fingerprint density at radius 1 is 1.36 bits per heavy atom. The van der Waals surface area contributed by atoms with Gasteiger partial charge in [0.05, 0.1) is 24.8 Å². The van der Waals surface area contributed by atoms with Crippen molar-refractivity contribution < 1.29 is 9.53 Å². The number of rotatable bonds is 6. The molecule has 4 rings (SSSR count). The summed E-state index contributed by atoms with van der Waals surface area (Å²) in [6.07, 6.45) is 6.84. The number of morpholine rings is 1. The topological polar surface area (TPSA) is 113 Å². The van der Waals surface area contributed by atoms with Crippen molar-refractivity contribution in [3.8, 4) is 0 Å². The summed E-state index contributed by atoms with van der Waals surface area (Å²) in [5, 5.41) is 7.89. The lowest BCUT2D eigenvalue weighted by molar-refractivity contribution is -0.117. The second-order valence-electron chi connectivity index (χ2n) is 7.44. The Hall–Kier alpha value is -1.53. The molecule has 1 aliphatic heterocycles. The first kappa shape index (κ1) is 19.8. The SMILES string of the molecule is NC(=O)CCN(c1ncnc2[nH]ncc12)C1CCC(N2CCOCC2)C(I)C1. The van der Waals surface area contributed by atoms with E-state index in [9.17, 15) is 4.79 Å². The van der Waals surface area contributed by atoms with Crippen LogP contribution in [-0.4, -0.2) is 79.8 Å². The van der Waals surface area contributed by atoms with Gasteiger partial charge in [-0.25, -0.2) is 9.97 Å². The number of H-pyrrole nitrogens is 1. The normalized spacial score (nSPS) is 26.4. The number of nitrogens with zero attached hydrogens (tertiary/aromatic N) is 5. The molecule has 1 amide bonds. The highest BCUT2D eigenvalue weighted by Crippen LogP contribution is 2.35. The average molecular weight is 499 g/mol. The van der Waals surface area contributed by atoms with E-state index < -0.39 is 0 Å². The number of alkyl halides is 1. The quantitative estimate of drug-likeness (QED) is 0.452. The molecule has 0 bridgehead atoms. The molecule has 9 nitrogen and oxygen atoms in total. The van der Waals surface area contributed by atoms with E-state index in [0.29, 0.717) is 34.6 Å². The van der Waals surface area contributed by atoms with Crippen molar-refractivity contribution in [2.75, 3.05) is 37.7 Å². The third kappa shape index (κ3) is 4.23. The number of fused-ring (bicyclic) bond motifs is 1. The largest absolute Gasteiger partial charge is 0.379 e. The standard InChI is InChI=1S/C18H26IN7O2/c19-14-9-12(1-2-15(14)25-5-7-28-8-6-25)26(4-3-16(20)27)18-13-10-23-24-17(13)21-11-22-18/h10-12,14-15H,1-9H2,(H2,20,27)(H,21,22,23,24). The predicted molar refractivity (Wildman–Crippen MR) is 114 cm³/mol. The summed E-state index contributed by atoms with van der Waals surface area (Å²) in [5.41, 5.74) is 6.16. The van der Waals surface area contributed by atoms with Gasteiger partial charge in [0.15, 0.2) is 5.65 Å². The molecular weight excluding hydrogens is 473 g/mol. The van der Waals surface area contributed by atoms with E-state index >= 15 is 0 Å². The van der Waals surface area contributed by atoms with Crippen molar-refractivity contribution in [1.29, 1.82) is 0 Å². The van der Waals surface area contributed by atoms with Crippen LogP contribution in [0.1, 0.15) is 25.7 Å². The highest BCUT2D eigenvalue weighted by molar-refractivity contribution is 14.1. The number of anilines is 1. The van der Waals surface area contributed by atoms with Crippen LogP contribution in [0.4, 0.5) is 5.82 Å². The van der Waals surface area contributed by atoms with Gasteiger partial charge < -0.3 is 15.4 Å². The van der Waals surface area contributed by atoms with E-state index in [-0.39, 0.29) is 5.91 Å². The predicted octanol–water partition coefficient (Wildman–Crippen LogP) is 1.09. The first-order valence-corrected chi connectivity index (χ1v) is 11.0. The maximum Gasteiger partial charge on any atom is 0.219 e. The van der Waals surface area contributed by atoms with Crippen molar-refractivity contribution in [3.63, 3.8) is 0 Å². The molecule has 0 radical (unpaired) electrons. The van der Waals surface area contributed by atoms with Gasteiger partial charge in [-0.15, -0.1) is 0 Å². The lowest BCUT2D eigenvalue weighted by Crippen LogP contribution is -2.53. The number of hydrogen-bond acceptors (Lipinski definition) is 7. The van der Waals surface area contributed by atoms with Crippen LogP contribution in [0.3, 0.4) is 0 Å². The molecule has 1 saturated heterocycles. The number of ether oxygens (including phenoxy) is 1. The molecule has 152 valence electrons. The maximum absolute atomic E-state index is 11.5. The van der Waals surface area contributed by atoms with Crippen molar-refractivity contribution in [2.45, 2.75) is 41.7 Å². The van der Waals surface area contributed by atoms with Crippen LogP contribution in [-0.2, 0) is 9.53 Å². The van der Waals surface area contributed by atoms with E-state index in [4.69, 9.17) is 10.5 Å². The van der Waals surface area contributed by atoms with Gasteiger partial charge in [0.2, 0.25) is 5.91 Å². The van der Waals surface area contributed by atoms with Crippen LogP contribution < -0.4 is 10.6 Å². The van der Waals surface area contributed by atoms with Gasteiger partial charge in [-0.1, -0.05) is 22.6 Å². The molecule has 10 heteroatoms. The molecule has 28 heavy (non-hydrogen) atoms. The molecule has 3 unspecified atom stereocenters. The van der Waals surface area contributed by atoms with Crippen LogP contribution in [0.2, 0.25) is 0 Å². The fourth-order valence-corrected chi connectivity index (χ4v) is 5.76. The summed E-state index contributed by atoms with van der Waals surface area (Å²) in [7, 11) is 0. The molecule has 1 saturated carbocycles. The van der Waals surface area contributed by atoms with Crippen LogP contribution in [0.25, 0.3) is 11.0 Å². The Kier molecular flexibility index (Phi) is 6.26. The third-order valence-electron chi connectivity index (χ3n) is 5.76. The Balaban J connectivity index is 1.54. The molecule has 3 atom stereocenters. The minimum Gasteiger partial charge on any atom is -0.379 e. The monoisotopic (exact) mass is 499 g/mol. The number of halogens is 1. The molecular formula is C18H26IN7O2. The zero-order valence-corrected chi connectivity index (χ0v) is 17.9. The summed E-state index contributed by atoms with van der Waals surface area (Å²) in [6, 6.07) is 0.893. The van der Waals surface area contributed by atoms with Gasteiger partial charge in [-0.05, 0) is 19.3 Å². The van der Waals surface area contributed by atoms with E-state index in [2.05, 4.69) is 52.6 Å². The number of aromatic amines is 1. The van der Waals surface area contributed by atoms with E-state index in [1.54, 1.807) is 12.5 Å². The number of nitrogens with one attached hydrogen (secondary N) is 1. The second kappa shape index (κ2) is 8.87. The number of primary amides is 1. The van der Waals surface area contributed by atoms with E-state index in [1.165, 1.54) is 0 Å². The Bertz CT molecular complexity index is 810. The van der Waals surface area contributed by atoms with Crippen molar-refractivity contribution in [3.05, 3.63) is 12.5 Å². The number of hydrogen-bond donors (Lipinski definition) is 2. The molecule has 1 aliphatic carbocycles. The minimum atomic E-state index is -0.296. The van der Waals surface area contributed by atoms with Crippen molar-refractivity contribution in [1.82, 2.24) is 25.1 Å². The Morgan fingerprint density at radius 3 is 2.93 bits per heavy atom. The Labute approximate surface area is 177 Å². The third-order valence-corrected chi connectivity index (χ3v) is 7.10. The van der Waals surface area contributed by atoms with Crippen LogP contribution in [0.5, 0.6) is 0 Å². The first-order valence-electron chi connectivity index (χ1n) is 9.78. The summed E-state index contributed by atoms with van der Waals surface area (Å²) in [6.45, 7) is 4.24. The molecule has 2 aliphatic rings. The molecule has 2 aromatic heterocycles. The maximum atomic E-state index is 11.5. The Morgan fingerprint density at radius 2 is 2.18 bits per heavy atom. The zero-order chi connectivity index (χ0) is 19.5. The van der Waals surface area contributed by atoms with Crippen molar-refractivity contribution >= 4 is 45.3 Å². The van der Waals surface area contributed by atoms with Gasteiger partial charge in [0, 0.05) is 42.1 Å². The summed E-state index contributed by atoms with van der Waals surface area (Å²) >= 11 is 2.60. The molecule has 3 heterocycles. The number of carbonyl (C=O) groups is 1. The first-order chi connectivity index (χ1) is 13.6. The molecule has 3 N–H and O–H groups in total. The van der Waals surface area contributed by atoms with E-state index in [1.807, 2.05) is 0 Å². The number of nitrogens with two attached hydrogens (primary N) is 1. The highest BCUT2D eigenvalue weighted by atomic mass is 127. The number of aromatic nitrogens is 4. The zero-order valence-electron chi connectivity index (χ0n) is 15.8. The van der Waals surface area contributed by atoms with Crippen LogP contribution in [0, 0.1) is 0 Å². The van der Waals surface area contributed by atoms with Gasteiger partial charge in [-0.3, -0.25) is 14.8 Å². The molecule has 0 spiro atoms. The summed E-state index contributed by atoms with van der Waals surface area (Å²) < 4.78 is 6.05. The van der Waals surface area contributed by atoms with E-state index in [0.717, 1.165) is 56.8 Å². The fraction of sp³-hybridized carbons (Fsp3) is 0.667. The number of carbonyl (C=O) groups excluding carboxylic acids is 1. The van der Waals surface area contributed by atoms with Gasteiger partial charge in [0.1, 0.15) is 12.1 Å². The molecule has 2 aromatic rings. The minimum absolute atomic E-state index is 0.296. The molecule has 2 fully saturated rings. The smallest absolute Gasteiger partial charge is 0.219 e. The average Bonchev–Trinajstić information content (AvgIpc) is 3.18. The highest BCUT2D eigenvalue weighted by Gasteiger charge is 2.36. The lowest BCUT2D eigenvalue weighted by Gasteiger charge is -2.45. The van der Waals surface area contributed by atoms with Gasteiger partial charge in [0.25, 0.3) is 0 Å². The number of amides is 1. The summed E-state index contributed by atoms with van der Waals surface area (Å²) in [5.74, 6) is 0.536. The van der Waals surface area contributed by atoms with Crippen LogP contribution >= 0.6 is 22.6 Å². The second-order valence-corrected chi connectivity index (χ2v) is 9.04. The molecule has 0 aromatic carbocycles. The van der Waals surface area contributed by atoms with Gasteiger partial charge in [-0.2, -0.15) is 5.10 Å². The fourth-order valence-electron chi connectivity index (χ4n) is 4.36. The van der Waals surface area contributed by atoms with Crippen molar-refractivity contribution in [2.24, 2.45) is 5.73 Å².